The number of rotatable bonds is 5. The third-order valence-corrected chi connectivity index (χ3v) is 3.74. The van der Waals surface area contributed by atoms with E-state index in [1.807, 2.05) is 0 Å². The van der Waals surface area contributed by atoms with E-state index in [9.17, 15) is 27.5 Å². The van der Waals surface area contributed by atoms with Crippen molar-refractivity contribution >= 4 is 27.5 Å². The Morgan fingerprint density at radius 2 is 2.13 bits per heavy atom. The molecule has 0 unspecified atom stereocenters. The van der Waals surface area contributed by atoms with Gasteiger partial charge < -0.3 is 5.11 Å². The van der Waals surface area contributed by atoms with Crippen molar-refractivity contribution in [1.29, 1.82) is 0 Å². The van der Waals surface area contributed by atoms with E-state index >= 15 is 0 Å². The molecule has 1 aromatic rings. The van der Waals surface area contributed by atoms with Crippen LogP contribution in [0.4, 0.5) is 17.6 Å². The van der Waals surface area contributed by atoms with Gasteiger partial charge in [-0.15, -0.1) is 0 Å². The Labute approximate surface area is 136 Å². The van der Waals surface area contributed by atoms with Gasteiger partial charge in [0.15, 0.2) is 0 Å². The average molecular weight is 401 g/mol. The van der Waals surface area contributed by atoms with Gasteiger partial charge in [0, 0.05) is 12.6 Å². The summed E-state index contributed by atoms with van der Waals surface area (Å²) in [6.07, 6.45) is -4.63. The van der Waals surface area contributed by atoms with Gasteiger partial charge in [0.2, 0.25) is 11.6 Å². The van der Waals surface area contributed by atoms with Crippen molar-refractivity contribution in [3.8, 4) is 0 Å². The molecule has 1 amide bonds. The van der Waals surface area contributed by atoms with Crippen molar-refractivity contribution in [1.82, 2.24) is 14.8 Å². The summed E-state index contributed by atoms with van der Waals surface area (Å²) in [6, 6.07) is 0. The minimum atomic E-state index is -3.43. The first-order chi connectivity index (χ1) is 10.6. The van der Waals surface area contributed by atoms with Crippen molar-refractivity contribution in [3.05, 3.63) is 16.9 Å². The Morgan fingerprint density at radius 1 is 1.48 bits per heavy atom. The zero-order valence-electron chi connectivity index (χ0n) is 11.8. The van der Waals surface area contributed by atoms with Crippen molar-refractivity contribution in [2.45, 2.75) is 38.5 Å². The van der Waals surface area contributed by atoms with E-state index in [4.69, 9.17) is 0 Å². The SMILES string of the molecule is C[C@@H](Cn1cc(Br)cn1)C(=O)N1N=C(C(F)F)C[C@]1(O)C(F)F. The third-order valence-electron chi connectivity index (χ3n) is 3.33. The highest BCUT2D eigenvalue weighted by Gasteiger charge is 2.53. The second-order valence-corrected chi connectivity index (χ2v) is 6.10. The second kappa shape index (κ2) is 6.56. The maximum Gasteiger partial charge on any atom is 0.287 e. The van der Waals surface area contributed by atoms with E-state index in [1.54, 1.807) is 6.20 Å². The van der Waals surface area contributed by atoms with E-state index in [0.717, 1.165) is 0 Å². The van der Waals surface area contributed by atoms with Crippen LogP contribution in [0.25, 0.3) is 0 Å². The van der Waals surface area contributed by atoms with Gasteiger partial charge in [-0.05, 0) is 15.9 Å². The van der Waals surface area contributed by atoms with Crippen molar-refractivity contribution in [3.63, 3.8) is 0 Å². The van der Waals surface area contributed by atoms with Gasteiger partial charge in [0.05, 0.1) is 23.1 Å². The maximum atomic E-state index is 13.1. The summed E-state index contributed by atoms with van der Waals surface area (Å²) in [5.41, 5.74) is -4.00. The standard InChI is InChI=1S/C12H13BrF4N4O2/c1-6(4-20-5-7(13)3-18-20)10(22)21-12(23,11(16)17)2-8(19-21)9(14)15/h3,5-6,9,11,23H,2,4H2,1H3/t6-,12-/m0/s1. The van der Waals surface area contributed by atoms with Crippen LogP contribution < -0.4 is 0 Å². The molecule has 1 aromatic heterocycles. The second-order valence-electron chi connectivity index (χ2n) is 5.18. The first-order valence-corrected chi connectivity index (χ1v) is 7.32. The van der Waals surface area contributed by atoms with E-state index in [-0.39, 0.29) is 11.6 Å². The smallest absolute Gasteiger partial charge is 0.287 e. The molecule has 0 aromatic carbocycles. The van der Waals surface area contributed by atoms with Crippen LogP contribution >= 0.6 is 15.9 Å². The van der Waals surface area contributed by atoms with Gasteiger partial charge >= 0.3 is 0 Å². The lowest BCUT2D eigenvalue weighted by Crippen LogP contribution is -2.53. The predicted octanol–water partition coefficient (Wildman–Crippen LogP) is 2.09. The molecule has 0 bridgehead atoms. The van der Waals surface area contributed by atoms with Crippen LogP contribution in [0.15, 0.2) is 22.0 Å². The minimum absolute atomic E-state index is 0.0137. The molecule has 0 spiro atoms. The van der Waals surface area contributed by atoms with Gasteiger partial charge in [-0.1, -0.05) is 6.92 Å². The molecule has 0 fully saturated rings. The van der Waals surface area contributed by atoms with Gasteiger partial charge in [-0.2, -0.15) is 15.2 Å². The number of amides is 1. The highest BCUT2D eigenvalue weighted by atomic mass is 79.9. The number of carbonyl (C=O) groups is 1. The number of hydrogen-bond donors (Lipinski definition) is 1. The summed E-state index contributed by atoms with van der Waals surface area (Å²) >= 11 is 3.16. The Bertz CT molecular complexity index is 624. The fourth-order valence-corrected chi connectivity index (χ4v) is 2.46. The molecule has 23 heavy (non-hydrogen) atoms. The molecular weight excluding hydrogens is 388 g/mol. The lowest BCUT2D eigenvalue weighted by Gasteiger charge is -2.31. The van der Waals surface area contributed by atoms with E-state index in [2.05, 4.69) is 26.1 Å². The lowest BCUT2D eigenvalue weighted by atomic mass is 10.1. The van der Waals surface area contributed by atoms with Gasteiger partial charge in [-0.25, -0.2) is 17.6 Å². The summed E-state index contributed by atoms with van der Waals surface area (Å²) in [7, 11) is 0. The molecule has 0 saturated carbocycles. The number of aromatic nitrogens is 2. The van der Waals surface area contributed by atoms with Crippen molar-refractivity contribution in [2.75, 3.05) is 0 Å². The Hall–Kier alpha value is -1.49. The van der Waals surface area contributed by atoms with Crippen LogP contribution in [0, 0.1) is 5.92 Å². The lowest BCUT2D eigenvalue weighted by molar-refractivity contribution is -0.195. The first kappa shape index (κ1) is 17.9. The number of halogens is 5. The van der Waals surface area contributed by atoms with Gasteiger partial charge in [0.25, 0.3) is 12.9 Å². The van der Waals surface area contributed by atoms with Crippen molar-refractivity contribution < 1.29 is 27.5 Å². The molecule has 2 rings (SSSR count). The highest BCUT2D eigenvalue weighted by molar-refractivity contribution is 9.10. The van der Waals surface area contributed by atoms with Crippen LogP contribution in [0.2, 0.25) is 0 Å². The largest absolute Gasteiger partial charge is 0.364 e. The summed E-state index contributed by atoms with van der Waals surface area (Å²) in [6.45, 7) is 1.42. The minimum Gasteiger partial charge on any atom is -0.364 e. The third kappa shape index (κ3) is 3.55. The summed E-state index contributed by atoms with van der Waals surface area (Å²) < 4.78 is 53.6. The number of hydrazone groups is 1. The van der Waals surface area contributed by atoms with Crippen LogP contribution in [0.1, 0.15) is 13.3 Å². The number of carbonyl (C=O) groups excluding carboxylic acids is 1. The normalized spacial score (nSPS) is 22.8. The van der Waals surface area contributed by atoms with E-state index < -0.39 is 42.5 Å². The number of nitrogens with zero attached hydrogens (tertiary/aromatic N) is 4. The molecule has 6 nitrogen and oxygen atoms in total. The fraction of sp³-hybridized carbons (Fsp3) is 0.583. The van der Waals surface area contributed by atoms with Crippen LogP contribution in [-0.4, -0.2) is 50.1 Å². The molecule has 1 aliphatic rings. The molecule has 1 N–H and O–H groups in total. The van der Waals surface area contributed by atoms with E-state index in [0.29, 0.717) is 4.47 Å². The molecule has 2 atom stereocenters. The monoisotopic (exact) mass is 400 g/mol. The van der Waals surface area contributed by atoms with Crippen LogP contribution in [0.3, 0.4) is 0 Å². The van der Waals surface area contributed by atoms with E-state index in [1.165, 1.54) is 17.8 Å². The van der Waals surface area contributed by atoms with Gasteiger partial charge in [0.1, 0.15) is 5.71 Å². The quantitative estimate of drug-likeness (QED) is 0.769. The zero-order valence-corrected chi connectivity index (χ0v) is 13.4. The molecule has 2 heterocycles. The predicted molar refractivity (Wildman–Crippen MR) is 74.9 cm³/mol. The van der Waals surface area contributed by atoms with Gasteiger partial charge in [-0.3, -0.25) is 9.48 Å². The van der Waals surface area contributed by atoms with Crippen LogP contribution in [-0.2, 0) is 11.3 Å². The topological polar surface area (TPSA) is 70.7 Å². The molecule has 0 radical (unpaired) electrons. The molecule has 11 heteroatoms. The molecule has 0 saturated heterocycles. The fourth-order valence-electron chi connectivity index (χ4n) is 2.13. The summed E-state index contributed by atoms with van der Waals surface area (Å²) in [4.78, 5) is 12.3. The maximum absolute atomic E-state index is 13.1. The summed E-state index contributed by atoms with van der Waals surface area (Å²) in [5.74, 6) is -1.90. The average Bonchev–Trinajstić information content (AvgIpc) is 3.02. The Balaban J connectivity index is 2.20. The number of aliphatic hydroxyl groups is 1. The Morgan fingerprint density at radius 3 is 2.61 bits per heavy atom. The molecule has 1 aliphatic heterocycles. The number of hydrogen-bond acceptors (Lipinski definition) is 4. The summed E-state index contributed by atoms with van der Waals surface area (Å²) in [5, 5.41) is 17.1. The zero-order chi connectivity index (χ0) is 17.4. The number of alkyl halides is 4. The highest BCUT2D eigenvalue weighted by Crippen LogP contribution is 2.34. The molecular formula is C12H13BrF4N4O2. The first-order valence-electron chi connectivity index (χ1n) is 6.53. The molecule has 0 aliphatic carbocycles. The Kier molecular flexibility index (Phi) is 5.09. The molecule has 128 valence electrons. The van der Waals surface area contributed by atoms with Crippen molar-refractivity contribution in [2.24, 2.45) is 11.0 Å². The van der Waals surface area contributed by atoms with Crippen LogP contribution in [0.5, 0.6) is 0 Å².